The Morgan fingerprint density at radius 3 is 2.23 bits per heavy atom. The third-order valence-electron chi connectivity index (χ3n) is 5.43. The Morgan fingerprint density at radius 1 is 0.900 bits per heavy atom. The molecule has 5 heteroatoms. The lowest BCUT2D eigenvalue weighted by Gasteiger charge is -2.26. The van der Waals surface area contributed by atoms with Crippen molar-refractivity contribution < 1.29 is 14.3 Å². The topological polar surface area (TPSA) is 58.6 Å². The Bertz CT molecular complexity index is 809. The number of piperidine rings is 1. The monoisotopic (exact) mass is 408 g/mol. The molecule has 0 aliphatic carbocycles. The van der Waals surface area contributed by atoms with E-state index in [0.717, 1.165) is 17.9 Å². The molecule has 2 aromatic rings. The van der Waals surface area contributed by atoms with E-state index in [-0.39, 0.29) is 24.5 Å². The predicted molar refractivity (Wildman–Crippen MR) is 119 cm³/mol. The van der Waals surface area contributed by atoms with Crippen LogP contribution in [0, 0.1) is 0 Å². The highest BCUT2D eigenvalue weighted by Crippen LogP contribution is 2.15. The van der Waals surface area contributed by atoms with Gasteiger partial charge in [-0.3, -0.25) is 14.5 Å². The van der Waals surface area contributed by atoms with Crippen molar-refractivity contribution in [1.82, 2.24) is 10.2 Å². The fourth-order valence-electron chi connectivity index (χ4n) is 3.70. The molecule has 0 radical (unpaired) electrons. The van der Waals surface area contributed by atoms with Crippen molar-refractivity contribution >= 4 is 11.7 Å². The molecule has 0 saturated carbocycles. The van der Waals surface area contributed by atoms with E-state index in [4.69, 9.17) is 4.74 Å². The van der Waals surface area contributed by atoms with E-state index in [0.29, 0.717) is 18.7 Å². The molecule has 3 rings (SSSR count). The third-order valence-corrected chi connectivity index (χ3v) is 5.43. The molecule has 0 spiro atoms. The molecule has 0 unspecified atom stereocenters. The average molecular weight is 409 g/mol. The molecule has 1 fully saturated rings. The minimum absolute atomic E-state index is 0.0322. The van der Waals surface area contributed by atoms with Gasteiger partial charge in [0.15, 0.2) is 5.78 Å². The van der Waals surface area contributed by atoms with Gasteiger partial charge in [-0.1, -0.05) is 30.7 Å². The number of Topliss-reactive ketones (excluding diaryl/α,β-unsaturated/α-hetero) is 1. The summed E-state index contributed by atoms with van der Waals surface area (Å²) in [4.78, 5) is 26.9. The maximum atomic E-state index is 12.3. The molecular formula is C25H32N2O3. The van der Waals surface area contributed by atoms with E-state index >= 15 is 0 Å². The number of nitrogens with zero attached hydrogens (tertiary/aromatic N) is 1. The van der Waals surface area contributed by atoms with Gasteiger partial charge in [-0.15, -0.1) is 0 Å². The number of nitrogens with one attached hydrogen (secondary N) is 1. The minimum Gasteiger partial charge on any atom is -0.494 e. The Morgan fingerprint density at radius 2 is 1.57 bits per heavy atom. The van der Waals surface area contributed by atoms with Crippen LogP contribution in [0.3, 0.4) is 0 Å². The molecule has 160 valence electrons. The van der Waals surface area contributed by atoms with Crippen molar-refractivity contribution in [2.45, 2.75) is 52.1 Å². The largest absolute Gasteiger partial charge is 0.494 e. The molecule has 1 N–H and O–H groups in total. The summed E-state index contributed by atoms with van der Waals surface area (Å²) in [6.45, 7) is 6.37. The van der Waals surface area contributed by atoms with Crippen LogP contribution in [0.1, 0.15) is 60.5 Å². The zero-order valence-electron chi connectivity index (χ0n) is 17.9. The number of amides is 1. The normalized spacial score (nSPS) is 14.3. The lowest BCUT2D eigenvalue weighted by Crippen LogP contribution is -2.29. The summed E-state index contributed by atoms with van der Waals surface area (Å²) >= 11 is 0. The highest BCUT2D eigenvalue weighted by atomic mass is 16.5. The molecular weight excluding hydrogens is 376 g/mol. The van der Waals surface area contributed by atoms with Crippen LogP contribution in [0.2, 0.25) is 0 Å². The van der Waals surface area contributed by atoms with Gasteiger partial charge in [0.2, 0.25) is 5.91 Å². The summed E-state index contributed by atoms with van der Waals surface area (Å²) in [6, 6.07) is 15.5. The first-order valence-electron chi connectivity index (χ1n) is 11.0. The number of rotatable bonds is 10. The van der Waals surface area contributed by atoms with E-state index in [1.165, 1.54) is 37.9 Å². The van der Waals surface area contributed by atoms with Gasteiger partial charge in [0.05, 0.1) is 6.61 Å². The highest BCUT2D eigenvalue weighted by Gasteiger charge is 2.11. The molecule has 5 nitrogen and oxygen atoms in total. The summed E-state index contributed by atoms with van der Waals surface area (Å²) in [7, 11) is 0. The van der Waals surface area contributed by atoms with Gasteiger partial charge in [0, 0.05) is 31.5 Å². The van der Waals surface area contributed by atoms with Gasteiger partial charge in [-0.25, -0.2) is 0 Å². The summed E-state index contributed by atoms with van der Waals surface area (Å²) in [6.07, 6.45) is 4.34. The quantitative estimate of drug-likeness (QED) is 0.594. The second-order valence-corrected chi connectivity index (χ2v) is 7.81. The fraction of sp³-hybridized carbons (Fsp3) is 0.440. The number of ether oxygens (including phenoxy) is 1. The number of hydrogen-bond acceptors (Lipinski definition) is 4. The van der Waals surface area contributed by atoms with Crippen molar-refractivity contribution in [2.75, 3.05) is 19.7 Å². The van der Waals surface area contributed by atoms with Crippen LogP contribution in [0.4, 0.5) is 0 Å². The van der Waals surface area contributed by atoms with Crippen molar-refractivity contribution in [3.8, 4) is 5.75 Å². The van der Waals surface area contributed by atoms with E-state index in [2.05, 4.69) is 34.5 Å². The summed E-state index contributed by atoms with van der Waals surface area (Å²) < 4.78 is 5.38. The maximum Gasteiger partial charge on any atom is 0.220 e. The van der Waals surface area contributed by atoms with Crippen LogP contribution in [-0.2, 0) is 17.9 Å². The van der Waals surface area contributed by atoms with E-state index in [9.17, 15) is 9.59 Å². The second-order valence-electron chi connectivity index (χ2n) is 7.81. The van der Waals surface area contributed by atoms with Gasteiger partial charge in [0.25, 0.3) is 0 Å². The molecule has 2 aromatic carbocycles. The highest BCUT2D eigenvalue weighted by molar-refractivity contribution is 5.98. The Labute approximate surface area is 179 Å². The van der Waals surface area contributed by atoms with Crippen molar-refractivity contribution in [3.05, 3.63) is 65.2 Å². The Hall–Kier alpha value is -2.66. The average Bonchev–Trinajstić information content (AvgIpc) is 2.78. The molecule has 30 heavy (non-hydrogen) atoms. The second kappa shape index (κ2) is 11.5. The van der Waals surface area contributed by atoms with Crippen molar-refractivity contribution in [3.63, 3.8) is 0 Å². The Kier molecular flexibility index (Phi) is 8.45. The van der Waals surface area contributed by atoms with Crippen LogP contribution >= 0.6 is 0 Å². The van der Waals surface area contributed by atoms with Gasteiger partial charge >= 0.3 is 0 Å². The minimum atomic E-state index is -0.105. The molecule has 1 aliphatic heterocycles. The van der Waals surface area contributed by atoms with E-state index in [1.54, 1.807) is 24.3 Å². The van der Waals surface area contributed by atoms with Gasteiger partial charge < -0.3 is 10.1 Å². The number of benzene rings is 2. The Balaban J connectivity index is 1.38. The van der Waals surface area contributed by atoms with Gasteiger partial charge in [-0.2, -0.15) is 0 Å². The molecule has 1 heterocycles. The number of hydrogen-bond donors (Lipinski definition) is 1. The zero-order chi connectivity index (χ0) is 21.2. The van der Waals surface area contributed by atoms with Crippen molar-refractivity contribution in [2.24, 2.45) is 0 Å². The predicted octanol–water partition coefficient (Wildman–Crippen LogP) is 4.35. The summed E-state index contributed by atoms with van der Waals surface area (Å²) in [5, 5.41) is 2.91. The molecule has 0 bridgehead atoms. The molecule has 0 atom stereocenters. The van der Waals surface area contributed by atoms with Crippen LogP contribution in [0.15, 0.2) is 48.5 Å². The maximum absolute atomic E-state index is 12.3. The first kappa shape index (κ1) is 22.0. The summed E-state index contributed by atoms with van der Waals surface area (Å²) in [5.74, 6) is 0.607. The first-order chi connectivity index (χ1) is 14.6. The van der Waals surface area contributed by atoms with Crippen LogP contribution in [0.25, 0.3) is 0 Å². The van der Waals surface area contributed by atoms with Crippen LogP contribution in [-0.4, -0.2) is 36.3 Å². The molecule has 0 aromatic heterocycles. The number of carbonyl (C=O) groups excluding carboxylic acids is 2. The zero-order valence-corrected chi connectivity index (χ0v) is 17.9. The van der Waals surface area contributed by atoms with E-state index in [1.807, 2.05) is 6.92 Å². The summed E-state index contributed by atoms with van der Waals surface area (Å²) in [5.41, 5.74) is 2.99. The fourth-order valence-corrected chi connectivity index (χ4v) is 3.70. The SMILES string of the molecule is CCOc1ccc(C(=O)CCC(=O)NCc2ccc(CN3CCCCC3)cc2)cc1. The number of ketones is 1. The van der Waals surface area contributed by atoms with Crippen LogP contribution in [0.5, 0.6) is 5.75 Å². The number of likely N-dealkylation sites (tertiary alicyclic amines) is 1. The lowest BCUT2D eigenvalue weighted by molar-refractivity contribution is -0.121. The number of carbonyl (C=O) groups is 2. The lowest BCUT2D eigenvalue weighted by atomic mass is 10.1. The first-order valence-corrected chi connectivity index (χ1v) is 11.0. The molecule has 1 aliphatic rings. The molecule has 1 saturated heterocycles. The van der Waals surface area contributed by atoms with Gasteiger partial charge in [0.1, 0.15) is 5.75 Å². The van der Waals surface area contributed by atoms with E-state index < -0.39 is 0 Å². The van der Waals surface area contributed by atoms with Crippen LogP contribution < -0.4 is 10.1 Å². The van der Waals surface area contributed by atoms with Crippen molar-refractivity contribution in [1.29, 1.82) is 0 Å². The smallest absolute Gasteiger partial charge is 0.220 e. The standard InChI is InChI=1S/C25H32N2O3/c1-2-30-23-12-10-22(11-13-23)24(28)14-15-25(29)26-18-20-6-8-21(9-7-20)19-27-16-4-3-5-17-27/h6-13H,2-5,14-19H2,1H3,(H,26,29). The molecule has 1 amide bonds. The van der Waals surface area contributed by atoms with Gasteiger partial charge in [-0.05, 0) is 68.2 Å². The third kappa shape index (κ3) is 6.99.